The van der Waals surface area contributed by atoms with Crippen LogP contribution in [0, 0.1) is 0 Å². The Labute approximate surface area is 215 Å². The molecule has 2 aromatic carbocycles. The van der Waals surface area contributed by atoms with Crippen LogP contribution < -0.4 is 19.9 Å². The van der Waals surface area contributed by atoms with Crippen LogP contribution >= 0.6 is 0 Å². The van der Waals surface area contributed by atoms with E-state index in [1.54, 1.807) is 18.0 Å². The average Bonchev–Trinajstić information content (AvgIpc) is 3.44. The molecule has 1 aromatic heterocycles. The lowest BCUT2D eigenvalue weighted by Gasteiger charge is -2.28. The SMILES string of the molecule is CC.CN1CCCC1.COc1nc(C(=O)N(C)c2cccc3ccccc23)cc(N2CCNCC2)n1. The van der Waals surface area contributed by atoms with Crippen LogP contribution in [-0.2, 0) is 0 Å². The summed E-state index contributed by atoms with van der Waals surface area (Å²) in [6.07, 6.45) is 2.83. The maximum absolute atomic E-state index is 13.2. The molecule has 0 atom stereocenters. The highest BCUT2D eigenvalue weighted by Gasteiger charge is 2.21. The molecule has 3 heterocycles. The van der Waals surface area contributed by atoms with Crippen LogP contribution in [-0.4, -0.2) is 81.2 Å². The molecule has 0 aliphatic carbocycles. The number of methoxy groups -OCH3 is 1. The van der Waals surface area contributed by atoms with E-state index in [9.17, 15) is 4.79 Å². The number of amides is 1. The molecule has 0 unspecified atom stereocenters. The second-order valence-corrected chi connectivity index (χ2v) is 8.71. The maximum atomic E-state index is 13.2. The Morgan fingerprint density at radius 1 is 0.972 bits per heavy atom. The number of fused-ring (bicyclic) bond motifs is 1. The molecule has 2 fully saturated rings. The van der Waals surface area contributed by atoms with Crippen LogP contribution in [0.1, 0.15) is 37.2 Å². The molecule has 3 aromatic rings. The van der Waals surface area contributed by atoms with Gasteiger partial charge in [-0.05, 0) is 44.4 Å². The summed E-state index contributed by atoms with van der Waals surface area (Å²) in [6.45, 7) is 10.1. The Bertz CT molecular complexity index is 1100. The van der Waals surface area contributed by atoms with E-state index in [1.807, 2.05) is 56.3 Å². The first-order chi connectivity index (χ1) is 17.6. The highest BCUT2D eigenvalue weighted by Crippen LogP contribution is 2.27. The molecule has 0 radical (unpaired) electrons. The molecule has 2 saturated heterocycles. The summed E-state index contributed by atoms with van der Waals surface area (Å²) < 4.78 is 5.26. The Morgan fingerprint density at radius 2 is 1.64 bits per heavy atom. The molecular formula is C28H40N6O2. The maximum Gasteiger partial charge on any atom is 0.318 e. The fourth-order valence-corrected chi connectivity index (χ4v) is 4.33. The van der Waals surface area contributed by atoms with Crippen molar-refractivity contribution in [2.45, 2.75) is 26.7 Å². The molecule has 36 heavy (non-hydrogen) atoms. The number of carbonyl (C=O) groups excluding carboxylic acids is 1. The second kappa shape index (κ2) is 13.8. The van der Waals surface area contributed by atoms with Gasteiger partial charge in [-0.1, -0.05) is 50.2 Å². The predicted octanol–water partition coefficient (Wildman–Crippen LogP) is 4.06. The monoisotopic (exact) mass is 492 g/mol. The number of nitrogens with zero attached hydrogens (tertiary/aromatic N) is 5. The third-order valence-corrected chi connectivity index (χ3v) is 6.30. The van der Waals surface area contributed by atoms with Gasteiger partial charge in [-0.2, -0.15) is 9.97 Å². The highest BCUT2D eigenvalue weighted by molar-refractivity contribution is 6.09. The molecule has 2 aliphatic rings. The van der Waals surface area contributed by atoms with E-state index in [0.717, 1.165) is 42.6 Å². The van der Waals surface area contributed by atoms with Gasteiger partial charge in [-0.3, -0.25) is 4.79 Å². The van der Waals surface area contributed by atoms with Crippen molar-refractivity contribution >= 4 is 28.2 Å². The van der Waals surface area contributed by atoms with Crippen LogP contribution in [0.5, 0.6) is 6.01 Å². The van der Waals surface area contributed by atoms with Gasteiger partial charge < -0.3 is 24.8 Å². The van der Waals surface area contributed by atoms with Crippen molar-refractivity contribution in [2.24, 2.45) is 0 Å². The zero-order valence-electron chi connectivity index (χ0n) is 22.3. The number of likely N-dealkylation sites (tertiary alicyclic amines) is 1. The van der Waals surface area contributed by atoms with Crippen molar-refractivity contribution in [3.63, 3.8) is 0 Å². The zero-order chi connectivity index (χ0) is 25.9. The number of hydrogen-bond donors (Lipinski definition) is 1. The standard InChI is InChI=1S/C21H23N5O2.C5H11N.C2H6/c1-25(18-9-5-7-15-6-3-4-8-16(15)18)20(27)17-14-19(24-21(23-17)28-2)26-12-10-22-11-13-26;1-6-4-2-3-5-6;1-2/h3-9,14,22H,10-13H2,1-2H3;2-5H2,1H3;1-2H3. The summed E-state index contributed by atoms with van der Waals surface area (Å²) in [5, 5.41) is 5.42. The van der Waals surface area contributed by atoms with Gasteiger partial charge in [0.25, 0.3) is 5.91 Å². The van der Waals surface area contributed by atoms with Gasteiger partial charge in [0, 0.05) is 44.7 Å². The Hall–Kier alpha value is -3.23. The number of nitrogens with one attached hydrogen (secondary N) is 1. The first kappa shape index (κ1) is 27.4. The molecular weight excluding hydrogens is 452 g/mol. The molecule has 8 heteroatoms. The average molecular weight is 493 g/mol. The summed E-state index contributed by atoms with van der Waals surface area (Å²) in [5.74, 6) is 0.511. The Balaban J connectivity index is 0.000000390. The summed E-state index contributed by atoms with van der Waals surface area (Å²) >= 11 is 0. The molecule has 194 valence electrons. The number of aromatic nitrogens is 2. The van der Waals surface area contributed by atoms with Gasteiger partial charge in [0.2, 0.25) is 0 Å². The van der Waals surface area contributed by atoms with Crippen molar-refractivity contribution in [3.05, 3.63) is 54.2 Å². The lowest BCUT2D eigenvalue weighted by atomic mass is 10.1. The van der Waals surface area contributed by atoms with Crippen molar-refractivity contribution in [1.82, 2.24) is 20.2 Å². The molecule has 2 aliphatic heterocycles. The minimum absolute atomic E-state index is 0.200. The van der Waals surface area contributed by atoms with E-state index in [1.165, 1.54) is 33.0 Å². The highest BCUT2D eigenvalue weighted by atomic mass is 16.5. The van der Waals surface area contributed by atoms with E-state index in [-0.39, 0.29) is 11.9 Å². The minimum atomic E-state index is -0.201. The van der Waals surface area contributed by atoms with E-state index in [4.69, 9.17) is 4.74 Å². The predicted molar refractivity (Wildman–Crippen MR) is 148 cm³/mol. The number of carbonyl (C=O) groups is 1. The quantitative estimate of drug-likeness (QED) is 0.589. The van der Waals surface area contributed by atoms with Gasteiger partial charge in [0.15, 0.2) is 0 Å². The number of anilines is 2. The van der Waals surface area contributed by atoms with E-state index >= 15 is 0 Å². The number of rotatable bonds is 4. The van der Waals surface area contributed by atoms with Crippen LogP contribution in [0.4, 0.5) is 11.5 Å². The smallest absolute Gasteiger partial charge is 0.318 e. The van der Waals surface area contributed by atoms with Gasteiger partial charge in [0.1, 0.15) is 11.5 Å². The summed E-state index contributed by atoms with van der Waals surface area (Å²) in [5.41, 5.74) is 1.15. The molecule has 1 amide bonds. The third kappa shape index (κ3) is 6.92. The fraction of sp³-hybridized carbons (Fsp3) is 0.464. The minimum Gasteiger partial charge on any atom is -0.467 e. The summed E-state index contributed by atoms with van der Waals surface area (Å²) in [4.78, 5) is 28.1. The van der Waals surface area contributed by atoms with Crippen molar-refractivity contribution in [3.8, 4) is 6.01 Å². The normalized spacial score (nSPS) is 15.4. The summed E-state index contributed by atoms with van der Waals surface area (Å²) in [6, 6.07) is 15.9. The van der Waals surface area contributed by atoms with Gasteiger partial charge in [-0.15, -0.1) is 0 Å². The molecule has 0 bridgehead atoms. The number of ether oxygens (including phenoxy) is 1. The van der Waals surface area contributed by atoms with Crippen LogP contribution in [0.2, 0.25) is 0 Å². The molecule has 0 spiro atoms. The molecule has 0 saturated carbocycles. The van der Waals surface area contributed by atoms with Gasteiger partial charge >= 0.3 is 6.01 Å². The first-order valence-electron chi connectivity index (χ1n) is 12.9. The number of hydrogen-bond acceptors (Lipinski definition) is 7. The van der Waals surface area contributed by atoms with Gasteiger partial charge in [0.05, 0.1) is 12.8 Å². The molecule has 5 rings (SSSR count). The largest absolute Gasteiger partial charge is 0.467 e. The van der Waals surface area contributed by atoms with Crippen molar-refractivity contribution in [1.29, 1.82) is 0 Å². The summed E-state index contributed by atoms with van der Waals surface area (Å²) in [7, 11) is 5.45. The van der Waals surface area contributed by atoms with Crippen LogP contribution in [0.3, 0.4) is 0 Å². The van der Waals surface area contributed by atoms with Gasteiger partial charge in [-0.25, -0.2) is 0 Å². The fourth-order valence-electron chi connectivity index (χ4n) is 4.33. The van der Waals surface area contributed by atoms with Crippen molar-refractivity contribution in [2.75, 3.05) is 70.3 Å². The van der Waals surface area contributed by atoms with E-state index < -0.39 is 0 Å². The number of benzene rings is 2. The molecule has 1 N–H and O–H groups in total. The van der Waals surface area contributed by atoms with E-state index in [2.05, 4.69) is 32.1 Å². The Morgan fingerprint density at radius 3 is 2.28 bits per heavy atom. The zero-order valence-corrected chi connectivity index (χ0v) is 22.3. The first-order valence-corrected chi connectivity index (χ1v) is 12.9. The Kier molecular flexibility index (Phi) is 10.5. The lowest BCUT2D eigenvalue weighted by Crippen LogP contribution is -2.44. The number of piperazine rings is 1. The molecule has 8 nitrogen and oxygen atoms in total. The van der Waals surface area contributed by atoms with Crippen LogP contribution in [0.25, 0.3) is 10.8 Å². The lowest BCUT2D eigenvalue weighted by molar-refractivity contribution is 0.0987. The van der Waals surface area contributed by atoms with Crippen LogP contribution in [0.15, 0.2) is 48.5 Å². The third-order valence-electron chi connectivity index (χ3n) is 6.30. The van der Waals surface area contributed by atoms with Crippen molar-refractivity contribution < 1.29 is 9.53 Å². The van der Waals surface area contributed by atoms with E-state index in [0.29, 0.717) is 11.5 Å². The second-order valence-electron chi connectivity index (χ2n) is 8.71. The topological polar surface area (TPSA) is 73.8 Å².